The lowest BCUT2D eigenvalue weighted by Gasteiger charge is -2.38. The lowest BCUT2D eigenvalue weighted by Crippen LogP contribution is -2.44. The van der Waals surface area contributed by atoms with Gasteiger partial charge in [0.15, 0.2) is 0 Å². The number of aryl methyl sites for hydroxylation is 2. The van der Waals surface area contributed by atoms with E-state index >= 15 is 0 Å². The summed E-state index contributed by atoms with van der Waals surface area (Å²) < 4.78 is 5.80. The van der Waals surface area contributed by atoms with Gasteiger partial charge >= 0.3 is 5.91 Å². The maximum absolute atomic E-state index is 12.7. The van der Waals surface area contributed by atoms with Crippen molar-refractivity contribution in [3.8, 4) is 0 Å². The van der Waals surface area contributed by atoms with Gasteiger partial charge in [-0.05, 0) is 38.7 Å². The number of aromatic nitrogens is 3. The van der Waals surface area contributed by atoms with E-state index in [4.69, 9.17) is 4.42 Å². The molecule has 0 spiro atoms. The van der Waals surface area contributed by atoms with Crippen LogP contribution in [0, 0.1) is 19.8 Å². The van der Waals surface area contributed by atoms with Gasteiger partial charge in [0.05, 0.1) is 6.54 Å². The van der Waals surface area contributed by atoms with Crippen molar-refractivity contribution in [3.05, 3.63) is 34.8 Å². The molecule has 0 bridgehead atoms. The molecule has 0 atom stereocenters. The minimum atomic E-state index is -0.120. The Morgan fingerprint density at radius 2 is 1.92 bits per heavy atom. The van der Waals surface area contributed by atoms with Gasteiger partial charge in [-0.3, -0.25) is 4.79 Å². The number of anilines is 1. The minimum absolute atomic E-state index is 0.120. The first-order valence-corrected chi connectivity index (χ1v) is 9.23. The normalized spacial score (nSPS) is 21.9. The van der Waals surface area contributed by atoms with Gasteiger partial charge in [0.2, 0.25) is 5.95 Å². The first-order valence-electron chi connectivity index (χ1n) is 9.23. The Bertz CT molecular complexity index is 820. The molecule has 1 amide bonds. The average molecular weight is 355 g/mol. The summed E-state index contributed by atoms with van der Waals surface area (Å²) in [6, 6.07) is 2.27. The van der Waals surface area contributed by atoms with Crippen LogP contribution in [-0.4, -0.2) is 45.4 Å². The van der Waals surface area contributed by atoms with Crippen LogP contribution < -0.4 is 4.90 Å². The van der Waals surface area contributed by atoms with Crippen LogP contribution >= 0.6 is 0 Å². The molecule has 0 aromatic carbocycles. The van der Waals surface area contributed by atoms with E-state index < -0.39 is 0 Å². The van der Waals surface area contributed by atoms with Gasteiger partial charge in [0.25, 0.3) is 5.89 Å². The molecule has 2 aromatic heterocycles. The largest absolute Gasteiger partial charge is 0.437 e. The van der Waals surface area contributed by atoms with E-state index in [1.165, 1.54) is 0 Å². The molecule has 3 heterocycles. The third-order valence-electron chi connectivity index (χ3n) is 5.38. The highest BCUT2D eigenvalue weighted by Gasteiger charge is 2.34. The summed E-state index contributed by atoms with van der Waals surface area (Å²) in [4.78, 5) is 30.1. The SMILES string of the molecule is Cc1cc(C)nc(N2CCc3oc(C(=O)N(C)C4CC(C)C4)nc3C2)n1. The molecule has 7 nitrogen and oxygen atoms in total. The number of hydrogen-bond donors (Lipinski definition) is 0. The minimum Gasteiger partial charge on any atom is -0.437 e. The molecular weight excluding hydrogens is 330 g/mol. The van der Waals surface area contributed by atoms with E-state index in [9.17, 15) is 4.79 Å². The quantitative estimate of drug-likeness (QED) is 0.842. The molecule has 1 fully saturated rings. The molecule has 2 aromatic rings. The maximum Gasteiger partial charge on any atom is 0.309 e. The molecule has 2 aliphatic rings. The van der Waals surface area contributed by atoms with Crippen LogP contribution in [0.5, 0.6) is 0 Å². The fraction of sp³-hybridized carbons (Fsp3) is 0.579. The Kier molecular flexibility index (Phi) is 4.17. The predicted octanol–water partition coefficient (Wildman–Crippen LogP) is 2.51. The number of carbonyl (C=O) groups is 1. The highest BCUT2D eigenvalue weighted by molar-refractivity contribution is 5.90. The Labute approximate surface area is 153 Å². The molecular formula is C19H25N5O2. The molecule has 0 saturated heterocycles. The third-order valence-corrected chi connectivity index (χ3v) is 5.38. The zero-order valence-corrected chi connectivity index (χ0v) is 15.8. The van der Waals surface area contributed by atoms with Crippen molar-refractivity contribution < 1.29 is 9.21 Å². The Morgan fingerprint density at radius 3 is 2.58 bits per heavy atom. The monoisotopic (exact) mass is 355 g/mol. The molecule has 1 aliphatic carbocycles. The molecule has 26 heavy (non-hydrogen) atoms. The number of nitrogens with zero attached hydrogens (tertiary/aromatic N) is 5. The fourth-order valence-corrected chi connectivity index (χ4v) is 3.80. The van der Waals surface area contributed by atoms with Crippen molar-refractivity contribution in [2.75, 3.05) is 18.5 Å². The van der Waals surface area contributed by atoms with E-state index in [2.05, 4.69) is 26.8 Å². The molecule has 138 valence electrons. The second kappa shape index (κ2) is 6.37. The van der Waals surface area contributed by atoms with Crippen molar-refractivity contribution in [3.63, 3.8) is 0 Å². The smallest absolute Gasteiger partial charge is 0.309 e. The second-order valence-electron chi connectivity index (χ2n) is 7.66. The third kappa shape index (κ3) is 3.06. The van der Waals surface area contributed by atoms with Crippen LogP contribution in [0.2, 0.25) is 0 Å². The van der Waals surface area contributed by atoms with Gasteiger partial charge in [-0.2, -0.15) is 0 Å². The summed E-state index contributed by atoms with van der Waals surface area (Å²) in [6.45, 7) is 7.48. The number of rotatable bonds is 3. The van der Waals surface area contributed by atoms with E-state index in [0.717, 1.165) is 42.2 Å². The van der Waals surface area contributed by atoms with E-state index in [-0.39, 0.29) is 11.8 Å². The number of oxazole rings is 1. The first kappa shape index (κ1) is 17.0. The summed E-state index contributed by atoms with van der Waals surface area (Å²) in [5.74, 6) is 2.30. The second-order valence-corrected chi connectivity index (χ2v) is 7.66. The summed E-state index contributed by atoms with van der Waals surface area (Å²) in [7, 11) is 1.84. The molecule has 0 N–H and O–H groups in total. The van der Waals surface area contributed by atoms with Crippen LogP contribution in [0.3, 0.4) is 0 Å². The van der Waals surface area contributed by atoms with Gasteiger partial charge in [-0.25, -0.2) is 15.0 Å². The number of hydrogen-bond acceptors (Lipinski definition) is 6. The molecule has 1 aliphatic heterocycles. The van der Waals surface area contributed by atoms with Crippen molar-refractivity contribution in [2.24, 2.45) is 5.92 Å². The van der Waals surface area contributed by atoms with Crippen molar-refractivity contribution in [1.29, 1.82) is 0 Å². The number of amides is 1. The van der Waals surface area contributed by atoms with Crippen LogP contribution in [0.1, 0.15) is 53.3 Å². The van der Waals surface area contributed by atoms with Gasteiger partial charge in [0.1, 0.15) is 11.5 Å². The highest BCUT2D eigenvalue weighted by Crippen LogP contribution is 2.31. The van der Waals surface area contributed by atoms with Crippen molar-refractivity contribution >= 4 is 11.9 Å². The first-order chi connectivity index (χ1) is 12.4. The van der Waals surface area contributed by atoms with E-state index in [1.807, 2.05) is 27.0 Å². The van der Waals surface area contributed by atoms with Gasteiger partial charge in [-0.1, -0.05) is 6.92 Å². The molecule has 7 heteroatoms. The zero-order chi connectivity index (χ0) is 18.4. The van der Waals surface area contributed by atoms with Gasteiger partial charge in [0, 0.05) is 37.4 Å². The van der Waals surface area contributed by atoms with Crippen LogP contribution in [0.4, 0.5) is 5.95 Å². The highest BCUT2D eigenvalue weighted by atomic mass is 16.4. The summed E-state index contributed by atoms with van der Waals surface area (Å²) in [5.41, 5.74) is 2.72. The lowest BCUT2D eigenvalue weighted by atomic mass is 9.81. The average Bonchev–Trinajstić information content (AvgIpc) is 3.00. The zero-order valence-electron chi connectivity index (χ0n) is 15.8. The van der Waals surface area contributed by atoms with Gasteiger partial charge in [-0.15, -0.1) is 0 Å². The van der Waals surface area contributed by atoms with E-state index in [0.29, 0.717) is 30.9 Å². The topological polar surface area (TPSA) is 75.4 Å². The summed E-state index contributed by atoms with van der Waals surface area (Å²) >= 11 is 0. The summed E-state index contributed by atoms with van der Waals surface area (Å²) in [6.07, 6.45) is 2.82. The Morgan fingerprint density at radius 1 is 1.23 bits per heavy atom. The van der Waals surface area contributed by atoms with Crippen molar-refractivity contribution in [1.82, 2.24) is 19.9 Å². The van der Waals surface area contributed by atoms with Gasteiger partial charge < -0.3 is 14.2 Å². The number of carbonyl (C=O) groups excluding carboxylic acids is 1. The number of fused-ring (bicyclic) bond motifs is 1. The standard InChI is InChI=1S/C19H25N5O2/c1-11-7-14(8-11)23(4)18(25)17-22-15-10-24(6-5-16(15)26-17)19-20-12(2)9-13(3)21-19/h9,11,14H,5-8,10H2,1-4H3. The summed E-state index contributed by atoms with van der Waals surface area (Å²) in [5, 5.41) is 0. The fourth-order valence-electron chi connectivity index (χ4n) is 3.80. The van der Waals surface area contributed by atoms with Crippen LogP contribution in [-0.2, 0) is 13.0 Å². The molecule has 4 rings (SSSR count). The van der Waals surface area contributed by atoms with Crippen LogP contribution in [0.25, 0.3) is 0 Å². The predicted molar refractivity (Wildman–Crippen MR) is 97.0 cm³/mol. The van der Waals surface area contributed by atoms with Crippen molar-refractivity contribution in [2.45, 2.75) is 52.6 Å². The molecule has 0 radical (unpaired) electrons. The maximum atomic E-state index is 12.7. The Balaban J connectivity index is 1.51. The van der Waals surface area contributed by atoms with Crippen LogP contribution in [0.15, 0.2) is 10.5 Å². The Hall–Kier alpha value is -2.44. The molecule has 1 saturated carbocycles. The van der Waals surface area contributed by atoms with E-state index in [1.54, 1.807) is 4.90 Å². The lowest BCUT2D eigenvalue weighted by molar-refractivity contribution is 0.0531. The molecule has 0 unspecified atom stereocenters.